The molecule has 9 heteroatoms. The van der Waals surface area contributed by atoms with Gasteiger partial charge < -0.3 is 10.7 Å². The normalized spacial score (nSPS) is 12.8. The number of rotatable bonds is 4. The van der Waals surface area contributed by atoms with Crippen LogP contribution in [-0.4, -0.2) is 29.5 Å². The summed E-state index contributed by atoms with van der Waals surface area (Å²) in [5.74, 6) is 1.49. The van der Waals surface area contributed by atoms with Crippen LogP contribution in [-0.2, 0) is 6.54 Å². The van der Waals surface area contributed by atoms with Crippen LogP contribution in [0.3, 0.4) is 0 Å². The summed E-state index contributed by atoms with van der Waals surface area (Å²) in [6.07, 6.45) is 4.08. The summed E-state index contributed by atoms with van der Waals surface area (Å²) in [5, 5.41) is 28.8. The minimum Gasteiger partial charge on any atom is -0.385 e. The Morgan fingerprint density at radius 2 is 1.85 bits per heavy atom. The zero-order valence-corrected chi connectivity index (χ0v) is 18.9. The Balaban J connectivity index is 1.73. The van der Waals surface area contributed by atoms with Crippen molar-refractivity contribution in [2.24, 2.45) is 5.92 Å². The van der Waals surface area contributed by atoms with Crippen LogP contribution < -0.4 is 5.73 Å². The molecule has 1 aliphatic rings. The van der Waals surface area contributed by atoms with E-state index in [1.54, 1.807) is 36.0 Å². The molecule has 3 N–H and O–H groups in total. The maximum Gasteiger partial charge on any atom is 0.157 e. The van der Waals surface area contributed by atoms with Gasteiger partial charge in [0.05, 0.1) is 28.6 Å². The summed E-state index contributed by atoms with van der Waals surface area (Å²) < 4.78 is 3.59. The van der Waals surface area contributed by atoms with Crippen LogP contribution in [0.1, 0.15) is 35.4 Å². The topological polar surface area (TPSA) is 138 Å². The molecule has 0 saturated heterocycles. The molecule has 9 nitrogen and oxygen atoms in total. The predicted molar refractivity (Wildman–Crippen MR) is 128 cm³/mol. The molecule has 5 rings (SSSR count). The molecule has 34 heavy (non-hydrogen) atoms. The smallest absolute Gasteiger partial charge is 0.157 e. The number of aryl methyl sites for hydroxylation is 1. The average Bonchev–Trinajstić information content (AvgIpc) is 3.51. The van der Waals surface area contributed by atoms with Gasteiger partial charge in [0.25, 0.3) is 0 Å². The van der Waals surface area contributed by atoms with Gasteiger partial charge in [0.2, 0.25) is 0 Å². The Morgan fingerprint density at radius 3 is 2.50 bits per heavy atom. The molecule has 0 atom stereocenters. The Bertz CT molecular complexity index is 1530. The third-order valence-corrected chi connectivity index (χ3v) is 6.02. The highest BCUT2D eigenvalue weighted by Gasteiger charge is 2.24. The Morgan fingerprint density at radius 1 is 1.09 bits per heavy atom. The number of nitriles is 2. The highest BCUT2D eigenvalue weighted by molar-refractivity contribution is 5.91. The fourth-order valence-corrected chi connectivity index (χ4v) is 4.04. The molecule has 1 aromatic carbocycles. The number of anilines is 1. The second kappa shape index (κ2) is 8.38. The fourth-order valence-electron chi connectivity index (χ4n) is 4.04. The van der Waals surface area contributed by atoms with Gasteiger partial charge in [-0.25, -0.2) is 14.3 Å². The number of nitrogens with one attached hydrogen (secondary N) is 1. The van der Waals surface area contributed by atoms with Gasteiger partial charge in [-0.2, -0.15) is 20.7 Å². The van der Waals surface area contributed by atoms with E-state index >= 15 is 0 Å². The third kappa shape index (κ3) is 3.84. The number of aromatic nitrogens is 6. The van der Waals surface area contributed by atoms with E-state index in [-0.39, 0.29) is 0 Å². The fraction of sp³-hybridized carbons (Fsp3) is 0.240. The second-order valence-corrected chi connectivity index (χ2v) is 8.52. The summed E-state index contributed by atoms with van der Waals surface area (Å²) in [7, 11) is 0. The molecule has 3 aromatic heterocycles. The molecule has 0 bridgehead atoms. The van der Waals surface area contributed by atoms with E-state index < -0.39 is 0 Å². The number of nitrogens with two attached hydrogens (primary N) is 1. The molecule has 1 saturated carbocycles. The van der Waals surface area contributed by atoms with E-state index in [9.17, 15) is 5.26 Å². The molecule has 168 valence electrons. The van der Waals surface area contributed by atoms with E-state index in [4.69, 9.17) is 16.1 Å². The van der Waals surface area contributed by atoms with Gasteiger partial charge in [-0.15, -0.1) is 0 Å². The highest BCUT2D eigenvalue weighted by atomic mass is 15.3. The van der Waals surface area contributed by atoms with Crippen molar-refractivity contribution in [2.45, 2.75) is 33.2 Å². The van der Waals surface area contributed by atoms with Crippen LogP contribution in [0.2, 0.25) is 0 Å². The number of benzene rings is 1. The van der Waals surface area contributed by atoms with Gasteiger partial charge in [0.15, 0.2) is 5.82 Å². The van der Waals surface area contributed by atoms with Crippen LogP contribution in [0.15, 0.2) is 42.6 Å². The summed E-state index contributed by atoms with van der Waals surface area (Å²) in [6.45, 7) is 4.43. The molecular weight excluding hydrogens is 426 g/mol. The predicted octanol–water partition coefficient (Wildman–Crippen LogP) is 4.09. The molecule has 1 fully saturated rings. The Hall–Kier alpha value is -4.63. The zero-order chi connectivity index (χ0) is 23.8. The maximum absolute atomic E-state index is 9.44. The van der Waals surface area contributed by atoms with Crippen molar-refractivity contribution in [2.75, 3.05) is 5.73 Å². The van der Waals surface area contributed by atoms with Gasteiger partial charge in [0.1, 0.15) is 23.2 Å². The van der Waals surface area contributed by atoms with Gasteiger partial charge in [-0.1, -0.05) is 12.1 Å². The van der Waals surface area contributed by atoms with Gasteiger partial charge in [-0.3, -0.25) is 0 Å². The lowest BCUT2D eigenvalue weighted by atomic mass is 10.1. The number of fused-ring (bicyclic) bond motifs is 1. The molecule has 0 radical (unpaired) electrons. The molecule has 0 aliphatic heterocycles. The first-order valence-electron chi connectivity index (χ1n) is 11.0. The number of nitrogens with zero attached hydrogens (tertiary/aromatic N) is 7. The van der Waals surface area contributed by atoms with Crippen molar-refractivity contribution in [1.82, 2.24) is 29.5 Å². The van der Waals surface area contributed by atoms with Crippen LogP contribution in [0.5, 0.6) is 0 Å². The van der Waals surface area contributed by atoms with Crippen LogP contribution in [0.4, 0.5) is 5.82 Å². The van der Waals surface area contributed by atoms with Crippen LogP contribution >= 0.6 is 0 Å². The van der Waals surface area contributed by atoms with E-state index in [2.05, 4.69) is 27.2 Å². The highest BCUT2D eigenvalue weighted by Crippen LogP contribution is 2.33. The van der Waals surface area contributed by atoms with Gasteiger partial charge in [0, 0.05) is 29.8 Å². The van der Waals surface area contributed by atoms with E-state index in [0.717, 1.165) is 28.8 Å². The van der Waals surface area contributed by atoms with Crippen molar-refractivity contribution in [3.63, 3.8) is 0 Å². The molecule has 0 unspecified atom stereocenters. The summed E-state index contributed by atoms with van der Waals surface area (Å²) >= 11 is 0. The lowest BCUT2D eigenvalue weighted by Gasteiger charge is -2.02. The molecule has 1 aliphatic carbocycles. The first-order chi connectivity index (χ1) is 16.5. The lowest BCUT2D eigenvalue weighted by Crippen LogP contribution is -2.04. The summed E-state index contributed by atoms with van der Waals surface area (Å²) in [5.41, 5.74) is 11.3. The van der Waals surface area contributed by atoms with Crippen molar-refractivity contribution in [1.29, 1.82) is 10.5 Å². The van der Waals surface area contributed by atoms with Gasteiger partial charge >= 0.3 is 0 Å². The quantitative estimate of drug-likeness (QED) is 0.481. The first-order valence-corrected chi connectivity index (χ1v) is 11.0. The number of hydrogen-bond acceptors (Lipinski definition) is 6. The molecule has 0 spiro atoms. The second-order valence-electron chi connectivity index (χ2n) is 8.52. The van der Waals surface area contributed by atoms with Gasteiger partial charge in [-0.05, 0) is 50.8 Å². The number of nitrogen functional groups attached to an aromatic ring is 1. The minimum absolute atomic E-state index is 0.387. The number of aromatic amines is 1. The van der Waals surface area contributed by atoms with Crippen molar-refractivity contribution < 1.29 is 0 Å². The molecule has 3 heterocycles. The van der Waals surface area contributed by atoms with Crippen LogP contribution in [0.25, 0.3) is 28.1 Å². The molecular formula is C25H23N9. The molecule has 0 amide bonds. The molecule has 4 aromatic rings. The van der Waals surface area contributed by atoms with E-state index in [0.29, 0.717) is 40.1 Å². The van der Waals surface area contributed by atoms with Crippen molar-refractivity contribution in [3.8, 4) is 29.2 Å². The number of H-pyrrole nitrogens is 1. The maximum atomic E-state index is 9.44. The average molecular weight is 450 g/mol. The Kier molecular flexibility index (Phi) is 5.23. The monoisotopic (exact) mass is 449 g/mol. The van der Waals surface area contributed by atoms with Crippen molar-refractivity contribution in [3.05, 3.63) is 65.1 Å². The zero-order valence-electron chi connectivity index (χ0n) is 18.9. The van der Waals surface area contributed by atoms with Crippen LogP contribution in [0, 0.1) is 42.4 Å². The number of hydrogen-bond donors (Lipinski definition) is 2. The minimum atomic E-state index is 0.387. The first kappa shape index (κ1) is 21.2. The van der Waals surface area contributed by atoms with E-state index in [1.807, 2.05) is 29.8 Å². The van der Waals surface area contributed by atoms with E-state index in [1.165, 1.54) is 12.8 Å². The standard InChI is InChI=1S/C25H23N9/c1-15-21(13-27)16(2)34(31-15)23-11-22(28)30-25-20(9-10-29-23)24(32-33(25)14-18-3-4-18)19-7-5-17(12-26)6-8-19/h5-11,18,30H,3-4,14,28H2,1-2H3. The SMILES string of the molecule is Cc1nn(-c2cc(N)[nH]c3c(ccn2)c(-c2ccc(C#N)cc2)nn3CC2CC2)c(C)c1C#N. The Labute approximate surface area is 196 Å². The largest absolute Gasteiger partial charge is 0.385 e. The third-order valence-electron chi connectivity index (χ3n) is 6.02. The lowest BCUT2D eigenvalue weighted by molar-refractivity contribution is 0.578. The van der Waals surface area contributed by atoms with Crippen molar-refractivity contribution >= 4 is 16.9 Å². The summed E-state index contributed by atoms with van der Waals surface area (Å²) in [4.78, 5) is 7.93. The summed E-state index contributed by atoms with van der Waals surface area (Å²) in [6, 6.07) is 15.3.